The molecule has 1 heteroatoms. The van der Waals surface area contributed by atoms with Crippen molar-refractivity contribution in [2.75, 3.05) is 0 Å². The highest BCUT2D eigenvalue weighted by atomic mass is 16.1. The van der Waals surface area contributed by atoms with Crippen molar-refractivity contribution >= 4 is 10.8 Å². The van der Waals surface area contributed by atoms with Gasteiger partial charge in [0.05, 0.1) is 0 Å². The monoisotopic (exact) mass is 160 g/mol. The van der Waals surface area contributed by atoms with Gasteiger partial charge in [0.15, 0.2) is 5.43 Å². The summed E-state index contributed by atoms with van der Waals surface area (Å²) in [6.07, 6.45) is 2.15. The first-order valence-corrected chi connectivity index (χ1v) is 4.43. The maximum absolute atomic E-state index is 11.3. The summed E-state index contributed by atoms with van der Waals surface area (Å²) in [6, 6.07) is 4.14. The number of benzene rings is 1. The molecule has 0 aliphatic carbocycles. The number of hydrogen-bond acceptors (Lipinski definition) is 1. The summed E-state index contributed by atoms with van der Waals surface area (Å²) in [5.74, 6) is 0. The molecular weight excluding hydrogens is 148 g/mol. The second-order valence-corrected chi connectivity index (χ2v) is 3.37. The van der Waals surface area contributed by atoms with E-state index in [0.29, 0.717) is 0 Å². The summed E-state index contributed by atoms with van der Waals surface area (Å²) < 4.78 is 0. The molecule has 0 bridgehead atoms. The second kappa shape index (κ2) is 2.44. The molecule has 0 saturated carbocycles. The van der Waals surface area contributed by atoms with Crippen LogP contribution in [0.2, 0.25) is 0 Å². The van der Waals surface area contributed by atoms with Gasteiger partial charge in [0.25, 0.3) is 0 Å². The Hall–Kier alpha value is -1.11. The van der Waals surface area contributed by atoms with Gasteiger partial charge in [-0.2, -0.15) is 0 Å². The van der Waals surface area contributed by atoms with Crippen LogP contribution in [0.5, 0.6) is 0 Å². The van der Waals surface area contributed by atoms with Crippen LogP contribution in [0.15, 0.2) is 16.9 Å². The third kappa shape index (κ3) is 0.893. The maximum atomic E-state index is 11.3. The minimum Gasteiger partial charge on any atom is -0.289 e. The summed E-state index contributed by atoms with van der Waals surface area (Å²) >= 11 is 0. The quantitative estimate of drug-likeness (QED) is 0.659. The van der Waals surface area contributed by atoms with Gasteiger partial charge in [0.1, 0.15) is 0 Å². The molecule has 1 nitrogen and oxygen atoms in total. The van der Waals surface area contributed by atoms with Gasteiger partial charge in [-0.25, -0.2) is 0 Å². The minimum atomic E-state index is 0.279. The number of rotatable bonds is 2. The van der Waals surface area contributed by atoms with Crippen LogP contribution in [0, 0.1) is 6.92 Å². The minimum absolute atomic E-state index is 0.279. The lowest BCUT2D eigenvalue weighted by atomic mass is 10.1. The Morgan fingerprint density at radius 1 is 1.25 bits per heavy atom. The SMILES string of the molecule is CCCc1ccc(C)c2c(=O)c12. The zero-order valence-corrected chi connectivity index (χ0v) is 7.48. The Bertz CT molecular complexity index is 430. The summed E-state index contributed by atoms with van der Waals surface area (Å²) in [4.78, 5) is 11.3. The zero-order valence-electron chi connectivity index (χ0n) is 7.48. The molecule has 2 aromatic carbocycles. The summed E-state index contributed by atoms with van der Waals surface area (Å²) in [7, 11) is 0. The Morgan fingerprint density at radius 2 is 2.00 bits per heavy atom. The third-order valence-electron chi connectivity index (χ3n) is 2.41. The molecule has 0 aliphatic rings. The number of fused-ring (bicyclic) bond motifs is 1. The molecule has 12 heavy (non-hydrogen) atoms. The average Bonchev–Trinajstić information content (AvgIpc) is 2.71. The van der Waals surface area contributed by atoms with E-state index in [0.717, 1.165) is 29.2 Å². The molecule has 0 heterocycles. The van der Waals surface area contributed by atoms with Crippen LogP contribution in [0.4, 0.5) is 0 Å². The third-order valence-corrected chi connectivity index (χ3v) is 2.41. The van der Waals surface area contributed by atoms with E-state index in [2.05, 4.69) is 19.1 Å². The summed E-state index contributed by atoms with van der Waals surface area (Å²) in [6.45, 7) is 4.14. The van der Waals surface area contributed by atoms with Crippen LogP contribution in [0.25, 0.3) is 10.8 Å². The van der Waals surface area contributed by atoms with Gasteiger partial charge in [-0.1, -0.05) is 25.5 Å². The van der Waals surface area contributed by atoms with Crippen molar-refractivity contribution in [2.45, 2.75) is 26.7 Å². The molecule has 0 atom stereocenters. The molecule has 0 fully saturated rings. The van der Waals surface area contributed by atoms with E-state index >= 15 is 0 Å². The van der Waals surface area contributed by atoms with Gasteiger partial charge in [-0.05, 0) is 24.5 Å². The first-order valence-electron chi connectivity index (χ1n) is 4.43. The van der Waals surface area contributed by atoms with Crippen LogP contribution in [0.3, 0.4) is 0 Å². The van der Waals surface area contributed by atoms with Gasteiger partial charge in [-0.15, -0.1) is 0 Å². The van der Waals surface area contributed by atoms with Crippen LogP contribution in [-0.2, 0) is 6.42 Å². The van der Waals surface area contributed by atoms with Crippen molar-refractivity contribution in [3.63, 3.8) is 0 Å². The van der Waals surface area contributed by atoms with Crippen molar-refractivity contribution in [3.8, 4) is 0 Å². The molecule has 0 spiro atoms. The maximum Gasteiger partial charge on any atom is 0.195 e. The molecule has 62 valence electrons. The summed E-state index contributed by atoms with van der Waals surface area (Å²) in [5, 5.41) is 2.00. The van der Waals surface area contributed by atoms with Gasteiger partial charge in [0.2, 0.25) is 0 Å². The van der Waals surface area contributed by atoms with Crippen LogP contribution >= 0.6 is 0 Å². The largest absolute Gasteiger partial charge is 0.289 e. The molecule has 0 amide bonds. The van der Waals surface area contributed by atoms with E-state index in [1.54, 1.807) is 0 Å². The van der Waals surface area contributed by atoms with E-state index in [4.69, 9.17) is 0 Å². The van der Waals surface area contributed by atoms with Crippen LogP contribution < -0.4 is 5.43 Å². The van der Waals surface area contributed by atoms with Crippen LogP contribution in [0.1, 0.15) is 24.5 Å². The van der Waals surface area contributed by atoms with Crippen molar-refractivity contribution in [2.24, 2.45) is 0 Å². The van der Waals surface area contributed by atoms with Crippen molar-refractivity contribution in [1.29, 1.82) is 0 Å². The van der Waals surface area contributed by atoms with Crippen LogP contribution in [-0.4, -0.2) is 0 Å². The Kier molecular flexibility index (Phi) is 1.53. The molecule has 0 N–H and O–H groups in total. The molecule has 0 unspecified atom stereocenters. The highest BCUT2D eigenvalue weighted by Crippen LogP contribution is 2.24. The molecule has 2 rings (SSSR count). The first kappa shape index (κ1) is 7.53. The standard InChI is InChI=1S/C11H12O/c1-3-4-8-6-5-7(2)9-10(8)11(9)12/h5-6H,3-4H2,1-2H3. The first-order chi connectivity index (χ1) is 5.75. The smallest absolute Gasteiger partial charge is 0.195 e. The average molecular weight is 160 g/mol. The van der Waals surface area contributed by atoms with Gasteiger partial charge < -0.3 is 0 Å². The van der Waals surface area contributed by atoms with E-state index in [-0.39, 0.29) is 5.43 Å². The fraction of sp³-hybridized carbons (Fsp3) is 0.364. The Balaban J connectivity index is 2.56. The van der Waals surface area contributed by atoms with Gasteiger partial charge >= 0.3 is 0 Å². The summed E-state index contributed by atoms with van der Waals surface area (Å²) in [5.41, 5.74) is 2.65. The molecule has 2 aromatic rings. The second-order valence-electron chi connectivity index (χ2n) is 3.37. The lowest BCUT2D eigenvalue weighted by Crippen LogP contribution is -1.81. The number of aryl methyl sites for hydroxylation is 2. The van der Waals surface area contributed by atoms with Crippen molar-refractivity contribution in [3.05, 3.63) is 33.5 Å². The molecule has 0 radical (unpaired) electrons. The van der Waals surface area contributed by atoms with E-state index in [1.807, 2.05) is 6.92 Å². The Morgan fingerprint density at radius 3 is 2.67 bits per heavy atom. The van der Waals surface area contributed by atoms with Gasteiger partial charge in [0, 0.05) is 10.8 Å². The highest BCUT2D eigenvalue weighted by Gasteiger charge is 2.17. The highest BCUT2D eigenvalue weighted by molar-refractivity contribution is 6.02. The predicted octanol–water partition coefficient (Wildman–Crippen LogP) is 2.34. The van der Waals surface area contributed by atoms with E-state index < -0.39 is 0 Å². The molecular formula is C11H12O. The Labute approximate surface area is 71.7 Å². The normalized spacial score (nSPS) is 11.5. The van der Waals surface area contributed by atoms with E-state index in [1.165, 1.54) is 5.56 Å². The lowest BCUT2D eigenvalue weighted by molar-refractivity contribution is 0.930. The van der Waals surface area contributed by atoms with E-state index in [9.17, 15) is 4.79 Å². The molecule has 0 aromatic heterocycles. The molecule has 0 aliphatic heterocycles. The predicted molar refractivity (Wildman–Crippen MR) is 51.3 cm³/mol. The van der Waals surface area contributed by atoms with Crippen molar-refractivity contribution < 1.29 is 0 Å². The lowest BCUT2D eigenvalue weighted by Gasteiger charge is -1.95. The fourth-order valence-corrected chi connectivity index (χ4v) is 1.72. The van der Waals surface area contributed by atoms with Gasteiger partial charge in [-0.3, -0.25) is 4.79 Å². The number of hydrogen-bond donors (Lipinski definition) is 0. The fourth-order valence-electron chi connectivity index (χ4n) is 1.72. The van der Waals surface area contributed by atoms with Crippen molar-refractivity contribution in [1.82, 2.24) is 0 Å². The topological polar surface area (TPSA) is 17.1 Å². The molecule has 0 saturated heterocycles. The zero-order chi connectivity index (χ0) is 8.72.